The van der Waals surface area contributed by atoms with Gasteiger partial charge in [0.15, 0.2) is 0 Å². The fourth-order valence-corrected chi connectivity index (χ4v) is 4.42. The molecule has 1 saturated heterocycles. The second-order valence-corrected chi connectivity index (χ2v) is 8.21. The van der Waals surface area contributed by atoms with E-state index in [4.69, 9.17) is 4.98 Å². The second-order valence-electron chi connectivity index (χ2n) is 8.21. The number of nitrogens with zero attached hydrogens (tertiary/aromatic N) is 5. The van der Waals surface area contributed by atoms with Crippen LogP contribution in [0.3, 0.4) is 0 Å². The Morgan fingerprint density at radius 3 is 2.84 bits per heavy atom. The van der Waals surface area contributed by atoms with Gasteiger partial charge in [-0.05, 0) is 67.9 Å². The lowest BCUT2D eigenvalue weighted by molar-refractivity contribution is 0.220. The van der Waals surface area contributed by atoms with Gasteiger partial charge in [0.1, 0.15) is 16.9 Å². The lowest BCUT2D eigenvalue weighted by Crippen LogP contribution is -2.29. The Kier molecular flexibility index (Phi) is 4.46. The molecule has 2 N–H and O–H groups in total. The van der Waals surface area contributed by atoms with E-state index in [1.807, 2.05) is 36.7 Å². The Morgan fingerprint density at radius 2 is 1.94 bits per heavy atom. The van der Waals surface area contributed by atoms with Crippen LogP contribution in [0.25, 0.3) is 44.7 Å². The molecule has 0 radical (unpaired) electrons. The number of nitrogens with one attached hydrogen (secondary N) is 2. The highest BCUT2D eigenvalue weighted by atomic mass is 15.1. The molecule has 7 nitrogen and oxygen atoms in total. The van der Waals surface area contributed by atoms with Crippen molar-refractivity contribution in [1.82, 2.24) is 35.0 Å². The Bertz CT molecular complexity index is 1330. The highest BCUT2D eigenvalue weighted by Crippen LogP contribution is 2.29. The van der Waals surface area contributed by atoms with Crippen molar-refractivity contribution in [2.75, 3.05) is 13.1 Å². The summed E-state index contributed by atoms with van der Waals surface area (Å²) in [6, 6.07) is 12.3. The van der Waals surface area contributed by atoms with Gasteiger partial charge in [0.05, 0.1) is 16.9 Å². The van der Waals surface area contributed by atoms with E-state index in [-0.39, 0.29) is 0 Å². The third kappa shape index (κ3) is 3.47. The first-order valence-electron chi connectivity index (χ1n) is 10.8. The predicted molar refractivity (Wildman–Crippen MR) is 121 cm³/mol. The van der Waals surface area contributed by atoms with E-state index in [2.05, 4.69) is 42.2 Å². The van der Waals surface area contributed by atoms with E-state index >= 15 is 0 Å². The number of piperidine rings is 1. The van der Waals surface area contributed by atoms with Crippen LogP contribution in [0.1, 0.15) is 24.8 Å². The molecule has 0 atom stereocenters. The van der Waals surface area contributed by atoms with Crippen molar-refractivity contribution in [3.05, 3.63) is 60.6 Å². The fraction of sp³-hybridized carbons (Fsp3) is 0.250. The van der Waals surface area contributed by atoms with Crippen molar-refractivity contribution in [3.8, 4) is 22.6 Å². The van der Waals surface area contributed by atoms with E-state index in [0.717, 1.165) is 51.3 Å². The Balaban J connectivity index is 1.36. The van der Waals surface area contributed by atoms with Gasteiger partial charge in [-0.1, -0.05) is 6.42 Å². The molecule has 6 heterocycles. The largest absolute Gasteiger partial charge is 0.338 e. The van der Waals surface area contributed by atoms with Crippen LogP contribution in [0, 0.1) is 0 Å². The van der Waals surface area contributed by atoms with Crippen LogP contribution < -0.4 is 0 Å². The van der Waals surface area contributed by atoms with Gasteiger partial charge in [-0.25, -0.2) is 9.97 Å². The third-order valence-corrected chi connectivity index (χ3v) is 6.00. The van der Waals surface area contributed by atoms with E-state index in [9.17, 15) is 0 Å². The summed E-state index contributed by atoms with van der Waals surface area (Å²) in [5.41, 5.74) is 7.45. The molecule has 1 fully saturated rings. The van der Waals surface area contributed by atoms with Gasteiger partial charge < -0.3 is 4.98 Å². The minimum Gasteiger partial charge on any atom is -0.338 e. The number of fused-ring (bicyclic) bond motifs is 2. The van der Waals surface area contributed by atoms with Crippen LogP contribution in [0.15, 0.2) is 55.0 Å². The topological polar surface area (TPSA) is 86.4 Å². The molecule has 0 spiro atoms. The van der Waals surface area contributed by atoms with Gasteiger partial charge in [-0.3, -0.25) is 15.0 Å². The first-order chi connectivity index (χ1) is 15.3. The molecule has 5 aromatic heterocycles. The fourth-order valence-electron chi connectivity index (χ4n) is 4.42. The summed E-state index contributed by atoms with van der Waals surface area (Å²) in [7, 11) is 0. The number of hydrogen-bond donors (Lipinski definition) is 2. The molecule has 0 amide bonds. The molecular weight excluding hydrogens is 386 g/mol. The number of H-pyrrole nitrogens is 2. The van der Waals surface area contributed by atoms with E-state index in [1.54, 1.807) is 6.20 Å². The van der Waals surface area contributed by atoms with Crippen molar-refractivity contribution < 1.29 is 0 Å². The maximum absolute atomic E-state index is 4.95. The maximum atomic E-state index is 4.95. The van der Waals surface area contributed by atoms with Crippen LogP contribution in [0.5, 0.6) is 0 Å². The van der Waals surface area contributed by atoms with Crippen molar-refractivity contribution >= 4 is 22.1 Å². The summed E-state index contributed by atoms with van der Waals surface area (Å²) < 4.78 is 0. The molecule has 1 aliphatic heterocycles. The monoisotopic (exact) mass is 409 g/mol. The molecule has 1 aliphatic rings. The third-order valence-electron chi connectivity index (χ3n) is 6.00. The van der Waals surface area contributed by atoms with Gasteiger partial charge >= 0.3 is 0 Å². The molecule has 0 aromatic carbocycles. The molecular formula is C24H23N7. The standard InChI is InChI=1S/C24H23N7/c1-2-9-31(10-3-1)15-16-11-18(14-25-13-16)19-6-7-20-22(27-19)23(30-29-20)21-12-17-5-4-8-26-24(17)28-21/h4-8,11-14H,1-3,9-10,15H2,(H,26,28)(H,29,30). The molecule has 7 heteroatoms. The van der Waals surface area contributed by atoms with Crippen molar-refractivity contribution in [2.45, 2.75) is 25.8 Å². The molecule has 0 bridgehead atoms. The number of rotatable bonds is 4. The Hall–Kier alpha value is -3.58. The Morgan fingerprint density at radius 1 is 1.00 bits per heavy atom. The van der Waals surface area contributed by atoms with Crippen LogP contribution in [0.2, 0.25) is 0 Å². The number of hydrogen-bond acceptors (Lipinski definition) is 5. The summed E-state index contributed by atoms with van der Waals surface area (Å²) in [6.45, 7) is 3.29. The highest BCUT2D eigenvalue weighted by Gasteiger charge is 2.15. The Labute approximate surface area is 179 Å². The second kappa shape index (κ2) is 7.59. The zero-order chi connectivity index (χ0) is 20.6. The van der Waals surface area contributed by atoms with E-state index < -0.39 is 0 Å². The van der Waals surface area contributed by atoms with Crippen LogP contribution in [-0.4, -0.2) is 48.1 Å². The number of pyridine rings is 3. The normalized spacial score (nSPS) is 15.1. The molecule has 154 valence electrons. The summed E-state index contributed by atoms with van der Waals surface area (Å²) in [5.74, 6) is 0. The molecule has 0 saturated carbocycles. The minimum absolute atomic E-state index is 0.798. The van der Waals surface area contributed by atoms with Gasteiger partial charge in [0.25, 0.3) is 0 Å². The molecule has 5 aromatic rings. The molecule has 31 heavy (non-hydrogen) atoms. The first kappa shape index (κ1) is 18.2. The van der Waals surface area contributed by atoms with Gasteiger partial charge in [0, 0.05) is 36.1 Å². The van der Waals surface area contributed by atoms with Gasteiger partial charge in [-0.15, -0.1) is 0 Å². The zero-order valence-electron chi connectivity index (χ0n) is 17.2. The average molecular weight is 409 g/mol. The molecule has 0 aliphatic carbocycles. The zero-order valence-corrected chi connectivity index (χ0v) is 17.2. The lowest BCUT2D eigenvalue weighted by atomic mass is 10.1. The quantitative estimate of drug-likeness (QED) is 0.455. The minimum atomic E-state index is 0.798. The predicted octanol–water partition coefficient (Wildman–Crippen LogP) is 4.55. The van der Waals surface area contributed by atoms with Crippen molar-refractivity contribution in [1.29, 1.82) is 0 Å². The first-order valence-corrected chi connectivity index (χ1v) is 10.8. The van der Waals surface area contributed by atoms with E-state index in [1.165, 1.54) is 37.9 Å². The molecule has 6 rings (SSSR count). The summed E-state index contributed by atoms with van der Waals surface area (Å²) in [5, 5.41) is 8.68. The van der Waals surface area contributed by atoms with E-state index in [0.29, 0.717) is 0 Å². The number of aromatic amines is 2. The molecule has 0 unspecified atom stereocenters. The SMILES string of the molecule is c1cnc2[nH]c(-c3n[nH]c4ccc(-c5cncc(CN6CCCCC6)c5)nc34)cc2c1. The van der Waals surface area contributed by atoms with Crippen LogP contribution in [0.4, 0.5) is 0 Å². The average Bonchev–Trinajstić information content (AvgIpc) is 3.43. The maximum Gasteiger partial charge on any atom is 0.137 e. The van der Waals surface area contributed by atoms with Crippen molar-refractivity contribution in [2.24, 2.45) is 0 Å². The number of aromatic nitrogens is 6. The highest BCUT2D eigenvalue weighted by molar-refractivity contribution is 5.93. The van der Waals surface area contributed by atoms with Gasteiger partial charge in [-0.2, -0.15) is 5.10 Å². The summed E-state index contributed by atoms with van der Waals surface area (Å²) >= 11 is 0. The van der Waals surface area contributed by atoms with Crippen molar-refractivity contribution in [3.63, 3.8) is 0 Å². The lowest BCUT2D eigenvalue weighted by Gasteiger charge is -2.26. The van der Waals surface area contributed by atoms with Crippen LogP contribution >= 0.6 is 0 Å². The van der Waals surface area contributed by atoms with Gasteiger partial charge in [0.2, 0.25) is 0 Å². The summed E-state index contributed by atoms with van der Waals surface area (Å²) in [4.78, 5) is 19.7. The van der Waals surface area contributed by atoms with Crippen LogP contribution in [-0.2, 0) is 6.54 Å². The summed E-state index contributed by atoms with van der Waals surface area (Å²) in [6.07, 6.45) is 9.57. The number of likely N-dealkylation sites (tertiary alicyclic amines) is 1. The smallest absolute Gasteiger partial charge is 0.137 e.